The van der Waals surface area contributed by atoms with Gasteiger partial charge in [0.15, 0.2) is 0 Å². The summed E-state index contributed by atoms with van der Waals surface area (Å²) in [6.45, 7) is 0.592. The fourth-order valence-electron chi connectivity index (χ4n) is 1.54. The summed E-state index contributed by atoms with van der Waals surface area (Å²) in [6, 6.07) is 5.74. The van der Waals surface area contributed by atoms with Gasteiger partial charge in [-0.2, -0.15) is 0 Å². The third kappa shape index (κ3) is 1.85. The number of rotatable bonds is 3. The van der Waals surface area contributed by atoms with Crippen molar-refractivity contribution < 1.29 is 5.11 Å². The number of nitrogens with zero attached hydrogens (tertiary/aromatic N) is 1. The fourth-order valence-corrected chi connectivity index (χ4v) is 1.54. The van der Waals surface area contributed by atoms with E-state index in [2.05, 4.69) is 10.3 Å². The summed E-state index contributed by atoms with van der Waals surface area (Å²) in [5, 5.41) is 13.8. The van der Waals surface area contributed by atoms with Gasteiger partial charge in [-0.15, -0.1) is 0 Å². The molecule has 1 aromatic carbocycles. The largest absolute Gasteiger partial charge is 0.397 e. The minimum atomic E-state index is 0.0911. The molecule has 0 radical (unpaired) electrons. The first-order chi connectivity index (χ1) is 7.33. The Morgan fingerprint density at radius 1 is 1.33 bits per heavy atom. The molecule has 0 aliphatic heterocycles. The molecule has 0 fully saturated rings. The number of nitrogen functional groups attached to an aromatic ring is 1. The molecule has 4 nitrogen and oxygen atoms in total. The van der Waals surface area contributed by atoms with E-state index in [9.17, 15) is 0 Å². The van der Waals surface area contributed by atoms with Crippen molar-refractivity contribution in [2.75, 3.05) is 24.2 Å². The zero-order chi connectivity index (χ0) is 10.7. The molecular formula is C11H13N3O. The van der Waals surface area contributed by atoms with Crippen LogP contribution in [-0.4, -0.2) is 23.2 Å². The number of anilines is 2. The normalized spacial score (nSPS) is 10.5. The minimum Gasteiger partial charge on any atom is -0.397 e. The zero-order valence-electron chi connectivity index (χ0n) is 8.27. The van der Waals surface area contributed by atoms with Gasteiger partial charge < -0.3 is 16.2 Å². The van der Waals surface area contributed by atoms with Gasteiger partial charge in [-0.25, -0.2) is 0 Å². The summed E-state index contributed by atoms with van der Waals surface area (Å²) in [5.41, 5.74) is 7.54. The van der Waals surface area contributed by atoms with Crippen molar-refractivity contribution >= 4 is 22.1 Å². The summed E-state index contributed by atoms with van der Waals surface area (Å²) >= 11 is 0. The van der Waals surface area contributed by atoms with Crippen molar-refractivity contribution in [1.29, 1.82) is 0 Å². The van der Waals surface area contributed by atoms with Gasteiger partial charge in [0.1, 0.15) is 0 Å². The Hall–Kier alpha value is -1.81. The fraction of sp³-hybridized carbons (Fsp3) is 0.182. The van der Waals surface area contributed by atoms with Crippen LogP contribution in [0.2, 0.25) is 0 Å². The highest BCUT2D eigenvalue weighted by Gasteiger charge is 2.02. The molecule has 0 saturated carbocycles. The molecule has 0 atom stereocenters. The van der Waals surface area contributed by atoms with Gasteiger partial charge >= 0.3 is 0 Å². The van der Waals surface area contributed by atoms with Crippen molar-refractivity contribution in [3.05, 3.63) is 30.6 Å². The number of aliphatic hydroxyl groups is 1. The SMILES string of the molecule is Nc1c(NCCO)ccc2cnccc12. The lowest BCUT2D eigenvalue weighted by Crippen LogP contribution is -2.07. The monoisotopic (exact) mass is 203 g/mol. The van der Waals surface area contributed by atoms with Gasteiger partial charge in [-0.3, -0.25) is 4.98 Å². The number of benzene rings is 1. The lowest BCUT2D eigenvalue weighted by molar-refractivity contribution is 0.311. The molecular weight excluding hydrogens is 190 g/mol. The molecule has 2 rings (SSSR count). The molecule has 4 heteroatoms. The van der Waals surface area contributed by atoms with Crippen LogP contribution >= 0.6 is 0 Å². The first-order valence-corrected chi connectivity index (χ1v) is 4.80. The molecule has 0 unspecified atom stereocenters. The Bertz CT molecular complexity index is 470. The minimum absolute atomic E-state index is 0.0911. The number of hydrogen-bond acceptors (Lipinski definition) is 4. The lowest BCUT2D eigenvalue weighted by Gasteiger charge is -2.10. The van der Waals surface area contributed by atoms with Crippen LogP contribution in [0.5, 0.6) is 0 Å². The van der Waals surface area contributed by atoms with Gasteiger partial charge in [0.25, 0.3) is 0 Å². The number of fused-ring (bicyclic) bond motifs is 1. The highest BCUT2D eigenvalue weighted by atomic mass is 16.3. The second kappa shape index (κ2) is 4.14. The average molecular weight is 203 g/mol. The molecule has 78 valence electrons. The highest BCUT2D eigenvalue weighted by molar-refractivity contribution is 5.98. The quantitative estimate of drug-likeness (QED) is 0.656. The van der Waals surface area contributed by atoms with Crippen LogP contribution in [0, 0.1) is 0 Å². The second-order valence-corrected chi connectivity index (χ2v) is 3.27. The molecule has 2 aromatic rings. The van der Waals surface area contributed by atoms with Gasteiger partial charge in [-0.05, 0) is 12.1 Å². The molecule has 1 heterocycles. The van der Waals surface area contributed by atoms with Crippen LogP contribution in [0.3, 0.4) is 0 Å². The Kier molecular flexibility index (Phi) is 2.69. The van der Waals surface area contributed by atoms with Crippen LogP contribution in [0.25, 0.3) is 10.8 Å². The van der Waals surface area contributed by atoms with E-state index in [0.29, 0.717) is 12.2 Å². The van der Waals surface area contributed by atoms with Crippen molar-refractivity contribution in [3.8, 4) is 0 Å². The van der Waals surface area contributed by atoms with Crippen molar-refractivity contribution in [3.63, 3.8) is 0 Å². The Balaban J connectivity index is 2.45. The standard InChI is InChI=1S/C11H13N3O/c12-11-9-3-4-13-7-8(9)1-2-10(11)14-5-6-15/h1-4,7,14-15H,5-6,12H2. The maximum Gasteiger partial charge on any atom is 0.0630 e. The number of pyridine rings is 1. The number of aliphatic hydroxyl groups excluding tert-OH is 1. The number of aromatic nitrogens is 1. The molecule has 4 N–H and O–H groups in total. The topological polar surface area (TPSA) is 71.2 Å². The molecule has 1 aromatic heterocycles. The average Bonchev–Trinajstić information content (AvgIpc) is 2.29. The van der Waals surface area contributed by atoms with E-state index in [1.165, 1.54) is 0 Å². The molecule has 0 bridgehead atoms. The van der Waals surface area contributed by atoms with Crippen LogP contribution in [-0.2, 0) is 0 Å². The molecule has 0 saturated heterocycles. The van der Waals surface area contributed by atoms with E-state index in [-0.39, 0.29) is 6.61 Å². The third-order valence-corrected chi connectivity index (χ3v) is 2.29. The van der Waals surface area contributed by atoms with E-state index < -0.39 is 0 Å². The maximum absolute atomic E-state index is 8.72. The number of nitrogens with one attached hydrogen (secondary N) is 1. The van der Waals surface area contributed by atoms with Crippen molar-refractivity contribution in [1.82, 2.24) is 4.98 Å². The zero-order valence-corrected chi connectivity index (χ0v) is 8.27. The van der Waals surface area contributed by atoms with Crippen molar-refractivity contribution in [2.24, 2.45) is 0 Å². The Labute approximate surface area is 87.7 Å². The van der Waals surface area contributed by atoms with Crippen LogP contribution < -0.4 is 11.1 Å². The number of nitrogens with two attached hydrogens (primary N) is 1. The molecule has 0 aliphatic rings. The highest BCUT2D eigenvalue weighted by Crippen LogP contribution is 2.27. The Morgan fingerprint density at radius 3 is 3.00 bits per heavy atom. The Morgan fingerprint density at radius 2 is 2.20 bits per heavy atom. The molecule has 15 heavy (non-hydrogen) atoms. The molecule has 0 spiro atoms. The smallest absolute Gasteiger partial charge is 0.0630 e. The van der Waals surface area contributed by atoms with E-state index in [0.717, 1.165) is 16.5 Å². The third-order valence-electron chi connectivity index (χ3n) is 2.29. The number of hydrogen-bond donors (Lipinski definition) is 3. The molecule has 0 aliphatic carbocycles. The van der Waals surface area contributed by atoms with E-state index >= 15 is 0 Å². The lowest BCUT2D eigenvalue weighted by atomic mass is 10.1. The summed E-state index contributed by atoms with van der Waals surface area (Å²) in [6.07, 6.45) is 3.50. The van der Waals surface area contributed by atoms with Crippen LogP contribution in [0.15, 0.2) is 30.6 Å². The maximum atomic E-state index is 8.72. The predicted molar refractivity (Wildman–Crippen MR) is 61.7 cm³/mol. The first kappa shape index (κ1) is 9.73. The van der Waals surface area contributed by atoms with Gasteiger partial charge in [-0.1, -0.05) is 6.07 Å². The summed E-state index contributed by atoms with van der Waals surface area (Å²) in [5.74, 6) is 0. The second-order valence-electron chi connectivity index (χ2n) is 3.27. The summed E-state index contributed by atoms with van der Waals surface area (Å²) in [4.78, 5) is 4.03. The van der Waals surface area contributed by atoms with E-state index in [4.69, 9.17) is 10.8 Å². The predicted octanol–water partition coefficient (Wildman–Crippen LogP) is 1.22. The van der Waals surface area contributed by atoms with E-state index in [1.807, 2.05) is 18.2 Å². The van der Waals surface area contributed by atoms with E-state index in [1.54, 1.807) is 12.4 Å². The van der Waals surface area contributed by atoms with Gasteiger partial charge in [0, 0.05) is 29.7 Å². The molecule has 0 amide bonds. The van der Waals surface area contributed by atoms with Crippen LogP contribution in [0.1, 0.15) is 0 Å². The van der Waals surface area contributed by atoms with Gasteiger partial charge in [0.05, 0.1) is 18.0 Å². The summed E-state index contributed by atoms with van der Waals surface area (Å²) in [7, 11) is 0. The van der Waals surface area contributed by atoms with Crippen LogP contribution in [0.4, 0.5) is 11.4 Å². The van der Waals surface area contributed by atoms with Crippen molar-refractivity contribution in [2.45, 2.75) is 0 Å². The van der Waals surface area contributed by atoms with Gasteiger partial charge in [0.2, 0.25) is 0 Å². The first-order valence-electron chi connectivity index (χ1n) is 4.80. The summed E-state index contributed by atoms with van der Waals surface area (Å²) < 4.78 is 0.